The molecule has 1 amide bonds. The van der Waals surface area contributed by atoms with Gasteiger partial charge in [0, 0.05) is 44.8 Å². The Morgan fingerprint density at radius 3 is 2.50 bits per heavy atom. The maximum Gasteiger partial charge on any atom is 0.278 e. The van der Waals surface area contributed by atoms with E-state index in [-0.39, 0.29) is 0 Å². The molecule has 0 spiro atoms. The van der Waals surface area contributed by atoms with Gasteiger partial charge in [-0.05, 0) is 33.1 Å². The van der Waals surface area contributed by atoms with E-state index in [1.165, 1.54) is 43.8 Å². The van der Waals surface area contributed by atoms with E-state index in [2.05, 4.69) is 40.6 Å². The SMILES string of the molecule is C[C@@H]1CCC[C@H](C)N1C(=O)C[NH+]1CCC[C@@H]1c1nnc(SCC[NH+]2CCCC2)n1C. The third kappa shape index (κ3) is 4.86. The Morgan fingerprint density at radius 1 is 1.03 bits per heavy atom. The molecule has 0 radical (unpaired) electrons. The van der Waals surface area contributed by atoms with E-state index in [1.807, 2.05) is 11.8 Å². The van der Waals surface area contributed by atoms with Gasteiger partial charge in [-0.25, -0.2) is 0 Å². The molecule has 0 saturated carbocycles. The van der Waals surface area contributed by atoms with Gasteiger partial charge in [0.25, 0.3) is 5.91 Å². The van der Waals surface area contributed by atoms with Gasteiger partial charge in [-0.2, -0.15) is 0 Å². The van der Waals surface area contributed by atoms with Crippen molar-refractivity contribution in [2.45, 2.75) is 82.1 Å². The largest absolute Gasteiger partial charge is 0.334 e. The van der Waals surface area contributed by atoms with Crippen molar-refractivity contribution in [2.24, 2.45) is 7.05 Å². The molecule has 7 nitrogen and oxygen atoms in total. The van der Waals surface area contributed by atoms with E-state index >= 15 is 0 Å². The molecule has 4 rings (SSSR count). The predicted octanol–water partition coefficient (Wildman–Crippen LogP) is 0.0952. The fourth-order valence-electron chi connectivity index (χ4n) is 5.80. The second-order valence-electron chi connectivity index (χ2n) is 9.67. The van der Waals surface area contributed by atoms with Crippen LogP contribution in [0.4, 0.5) is 0 Å². The summed E-state index contributed by atoms with van der Waals surface area (Å²) >= 11 is 1.84. The van der Waals surface area contributed by atoms with E-state index in [1.54, 1.807) is 4.90 Å². The van der Waals surface area contributed by atoms with Crippen molar-refractivity contribution in [2.75, 3.05) is 38.5 Å². The molecule has 4 heterocycles. The zero-order valence-corrected chi connectivity index (χ0v) is 19.8. The second-order valence-corrected chi connectivity index (χ2v) is 10.7. The molecule has 3 saturated heterocycles. The number of hydrogen-bond acceptors (Lipinski definition) is 4. The summed E-state index contributed by atoms with van der Waals surface area (Å²) < 4.78 is 2.19. The van der Waals surface area contributed by atoms with Crippen molar-refractivity contribution < 1.29 is 14.6 Å². The Bertz CT molecular complexity index is 708. The molecule has 2 N–H and O–H groups in total. The number of carbonyl (C=O) groups is 1. The van der Waals surface area contributed by atoms with Crippen LogP contribution in [0.2, 0.25) is 0 Å². The molecule has 0 bridgehead atoms. The number of piperidine rings is 1. The lowest BCUT2D eigenvalue weighted by Crippen LogP contribution is -3.11. The number of nitrogens with one attached hydrogen (secondary N) is 2. The third-order valence-electron chi connectivity index (χ3n) is 7.52. The van der Waals surface area contributed by atoms with Crippen molar-refractivity contribution in [3.05, 3.63) is 5.82 Å². The van der Waals surface area contributed by atoms with Crippen molar-refractivity contribution in [1.29, 1.82) is 0 Å². The average molecular weight is 437 g/mol. The van der Waals surface area contributed by atoms with Crippen LogP contribution in [-0.4, -0.2) is 76.1 Å². The van der Waals surface area contributed by atoms with E-state index in [0.29, 0.717) is 30.6 Å². The number of hydrogen-bond donors (Lipinski definition) is 2. The highest BCUT2D eigenvalue weighted by atomic mass is 32.2. The lowest BCUT2D eigenvalue weighted by atomic mass is 9.97. The molecule has 8 heteroatoms. The summed E-state index contributed by atoms with van der Waals surface area (Å²) in [5.74, 6) is 2.49. The number of carbonyl (C=O) groups excluding carboxylic acids is 1. The van der Waals surface area contributed by atoms with Crippen LogP contribution in [0.25, 0.3) is 0 Å². The van der Waals surface area contributed by atoms with Crippen LogP contribution in [-0.2, 0) is 11.8 Å². The minimum Gasteiger partial charge on any atom is -0.334 e. The number of rotatable bonds is 7. The molecule has 4 atom stereocenters. The summed E-state index contributed by atoms with van der Waals surface area (Å²) in [4.78, 5) is 18.4. The third-order valence-corrected chi connectivity index (χ3v) is 8.54. The maximum absolute atomic E-state index is 13.2. The predicted molar refractivity (Wildman–Crippen MR) is 119 cm³/mol. The van der Waals surface area contributed by atoms with Crippen LogP contribution in [0, 0.1) is 0 Å². The Balaban J connectivity index is 1.36. The highest BCUT2D eigenvalue weighted by molar-refractivity contribution is 7.99. The quantitative estimate of drug-likeness (QED) is 0.595. The van der Waals surface area contributed by atoms with Gasteiger partial charge in [0.15, 0.2) is 17.5 Å². The van der Waals surface area contributed by atoms with Gasteiger partial charge >= 0.3 is 0 Å². The smallest absolute Gasteiger partial charge is 0.278 e. The first-order valence-corrected chi connectivity index (χ1v) is 13.0. The topological polar surface area (TPSA) is 59.9 Å². The number of quaternary nitrogens is 2. The van der Waals surface area contributed by atoms with Gasteiger partial charge in [0.1, 0.15) is 6.04 Å². The van der Waals surface area contributed by atoms with Crippen LogP contribution < -0.4 is 9.80 Å². The van der Waals surface area contributed by atoms with Crippen LogP contribution >= 0.6 is 11.8 Å². The molecule has 1 unspecified atom stereocenters. The van der Waals surface area contributed by atoms with Crippen LogP contribution in [0.15, 0.2) is 5.16 Å². The standard InChI is InChI=1S/C22H38N6OS/c1-17-8-6-9-18(2)28(17)20(29)16-27-13-7-10-19(27)21-23-24-22(25(21)3)30-15-14-26-11-4-5-12-26/h17-19H,4-16H2,1-3H3/p+2/t17-,18+,19-/m1/s1. The van der Waals surface area contributed by atoms with Crippen molar-refractivity contribution in [1.82, 2.24) is 19.7 Å². The van der Waals surface area contributed by atoms with E-state index in [4.69, 9.17) is 0 Å². The van der Waals surface area contributed by atoms with E-state index < -0.39 is 0 Å². The second kappa shape index (κ2) is 10.0. The molecule has 1 aromatic rings. The number of likely N-dealkylation sites (tertiary alicyclic amines) is 3. The van der Waals surface area contributed by atoms with Crippen molar-refractivity contribution >= 4 is 17.7 Å². The Kier molecular flexibility index (Phi) is 7.36. The highest BCUT2D eigenvalue weighted by Crippen LogP contribution is 2.24. The van der Waals surface area contributed by atoms with Crippen LogP contribution in [0.3, 0.4) is 0 Å². The summed E-state index contributed by atoms with van der Waals surface area (Å²) in [5, 5.41) is 10.1. The van der Waals surface area contributed by atoms with Gasteiger partial charge < -0.3 is 19.3 Å². The normalized spacial score (nSPS) is 30.3. The first kappa shape index (κ1) is 22.1. The lowest BCUT2D eigenvalue weighted by molar-refractivity contribution is -0.911. The van der Waals surface area contributed by atoms with Gasteiger partial charge in [-0.1, -0.05) is 11.8 Å². The molecule has 168 valence electrons. The van der Waals surface area contributed by atoms with Gasteiger partial charge in [0.2, 0.25) is 0 Å². The number of thioether (sulfide) groups is 1. The summed E-state index contributed by atoms with van der Waals surface area (Å²) in [6.45, 7) is 9.93. The molecular weight excluding hydrogens is 396 g/mol. The highest BCUT2D eigenvalue weighted by Gasteiger charge is 2.38. The maximum atomic E-state index is 13.2. The zero-order chi connectivity index (χ0) is 21.1. The minimum atomic E-state index is 0.292. The molecule has 3 fully saturated rings. The number of aromatic nitrogens is 3. The van der Waals surface area contributed by atoms with E-state index in [0.717, 1.165) is 49.0 Å². The fourth-order valence-corrected chi connectivity index (χ4v) is 6.76. The van der Waals surface area contributed by atoms with Gasteiger partial charge in [-0.3, -0.25) is 4.79 Å². The molecule has 1 aromatic heterocycles. The first-order chi connectivity index (χ1) is 14.5. The van der Waals surface area contributed by atoms with Crippen molar-refractivity contribution in [3.8, 4) is 0 Å². The van der Waals surface area contributed by atoms with Gasteiger partial charge in [0.05, 0.1) is 31.9 Å². The summed E-state index contributed by atoms with van der Waals surface area (Å²) in [7, 11) is 2.10. The Hall–Kier alpha value is -1.12. The summed E-state index contributed by atoms with van der Waals surface area (Å²) in [5.41, 5.74) is 0. The van der Waals surface area contributed by atoms with Crippen LogP contribution in [0.5, 0.6) is 0 Å². The zero-order valence-electron chi connectivity index (χ0n) is 19.0. The lowest BCUT2D eigenvalue weighted by Gasteiger charge is -2.39. The summed E-state index contributed by atoms with van der Waals surface area (Å²) in [6.07, 6.45) is 8.53. The molecule has 30 heavy (non-hydrogen) atoms. The van der Waals surface area contributed by atoms with Crippen LogP contribution in [0.1, 0.15) is 70.7 Å². The minimum absolute atomic E-state index is 0.292. The average Bonchev–Trinajstić information content (AvgIpc) is 3.45. The summed E-state index contributed by atoms with van der Waals surface area (Å²) in [6, 6.07) is 1.04. The number of amides is 1. The van der Waals surface area contributed by atoms with Crippen molar-refractivity contribution in [3.63, 3.8) is 0 Å². The number of nitrogens with zero attached hydrogens (tertiary/aromatic N) is 4. The molecule has 0 aliphatic carbocycles. The first-order valence-electron chi connectivity index (χ1n) is 12.1. The molecule has 0 aromatic carbocycles. The Labute approximate surface area is 185 Å². The van der Waals surface area contributed by atoms with Gasteiger partial charge in [-0.15, -0.1) is 10.2 Å². The molecule has 3 aliphatic rings. The van der Waals surface area contributed by atoms with E-state index in [9.17, 15) is 4.79 Å². The fraction of sp³-hybridized carbons (Fsp3) is 0.864. The molecular formula is C22H40N6OS+2. The Morgan fingerprint density at radius 2 is 1.77 bits per heavy atom. The molecule has 3 aliphatic heterocycles. The monoisotopic (exact) mass is 436 g/mol.